The van der Waals surface area contributed by atoms with Gasteiger partial charge in [0.1, 0.15) is 23.4 Å². The summed E-state index contributed by atoms with van der Waals surface area (Å²) in [4.78, 5) is 0. The lowest BCUT2D eigenvalue weighted by Crippen LogP contribution is -2.27. The van der Waals surface area contributed by atoms with Gasteiger partial charge in [-0.1, -0.05) is 0 Å². The van der Waals surface area contributed by atoms with E-state index in [4.69, 9.17) is 33.5 Å². The minimum atomic E-state index is -5.10. The van der Waals surface area contributed by atoms with Crippen molar-refractivity contribution in [3.05, 3.63) is 76.9 Å². The molecule has 0 aliphatic carbocycles. The molecule has 0 aliphatic heterocycles. The molecule has 4 rings (SSSR count). The largest absolute Gasteiger partial charge is 0.493 e. The molecular weight excluding hydrogens is 671 g/mol. The molecule has 0 saturated heterocycles. The summed E-state index contributed by atoms with van der Waals surface area (Å²) in [5, 5.41) is 17.6. The number of benzene rings is 3. The first-order valence-electron chi connectivity index (χ1n) is 12.3. The first-order chi connectivity index (χ1) is 21.4. The maximum atomic E-state index is 13.9. The minimum absolute atomic E-state index is 0.0169. The SMILES string of the molecule is COc1cc2cc(S(=O)(=O)NCP(=O)(Oc3ccc(C#N)c(C(F)(F)F)c3)Oc3ccc(C#N)c(C(F)(F)F)c3)oc2cc1OC. The number of alkyl halides is 6. The smallest absolute Gasteiger partial charge is 0.445 e. The number of nitriles is 2. The highest BCUT2D eigenvalue weighted by molar-refractivity contribution is 7.89. The maximum Gasteiger partial charge on any atom is 0.445 e. The van der Waals surface area contributed by atoms with Gasteiger partial charge < -0.3 is 22.9 Å². The van der Waals surface area contributed by atoms with Gasteiger partial charge in [0.2, 0.25) is 5.09 Å². The second kappa shape index (κ2) is 12.5. The molecule has 4 aromatic rings. The molecule has 1 heterocycles. The molecule has 0 spiro atoms. The van der Waals surface area contributed by atoms with Gasteiger partial charge in [-0.15, -0.1) is 0 Å². The second-order valence-electron chi connectivity index (χ2n) is 9.04. The van der Waals surface area contributed by atoms with E-state index in [1.807, 2.05) is 4.72 Å². The van der Waals surface area contributed by atoms with Crippen LogP contribution < -0.4 is 23.2 Å². The lowest BCUT2D eigenvalue weighted by atomic mass is 10.1. The van der Waals surface area contributed by atoms with Crippen molar-refractivity contribution in [3.8, 4) is 35.1 Å². The predicted octanol–water partition coefficient (Wildman–Crippen LogP) is 6.82. The number of furan rings is 1. The number of ether oxygens (including phenoxy) is 2. The molecule has 1 N–H and O–H groups in total. The van der Waals surface area contributed by atoms with E-state index < -0.39 is 75.1 Å². The van der Waals surface area contributed by atoms with Crippen molar-refractivity contribution < 1.29 is 62.3 Å². The van der Waals surface area contributed by atoms with Crippen LogP contribution in [0.2, 0.25) is 0 Å². The average molecular weight is 689 g/mol. The molecule has 0 atom stereocenters. The Morgan fingerprint density at radius 2 is 1.28 bits per heavy atom. The number of sulfonamides is 1. The van der Waals surface area contributed by atoms with Crippen LogP contribution >= 0.6 is 7.60 Å². The van der Waals surface area contributed by atoms with Crippen LogP contribution in [0.4, 0.5) is 26.3 Å². The standard InChI is InChI=1S/C27H18F6N3O8PS/c1-40-23-7-17-8-25(42-22(17)11-24(23)41-2)46(38,39)36-14-45(37,43-18-5-3-15(12-34)20(9-18)26(28,29)30)44-19-6-4-16(13-35)21(10-19)27(31,32)33/h3-11,36H,14H2,1-2H3. The third-order valence-electron chi connectivity index (χ3n) is 6.04. The van der Waals surface area contributed by atoms with Gasteiger partial charge in [0.25, 0.3) is 10.0 Å². The molecule has 0 aliphatic rings. The monoisotopic (exact) mass is 689 g/mol. The van der Waals surface area contributed by atoms with Crippen molar-refractivity contribution in [3.63, 3.8) is 0 Å². The summed E-state index contributed by atoms with van der Waals surface area (Å²) < 4.78 is 149. The first-order valence-corrected chi connectivity index (χ1v) is 15.5. The number of fused-ring (bicyclic) bond motifs is 1. The van der Waals surface area contributed by atoms with E-state index >= 15 is 0 Å². The molecule has 19 heteroatoms. The van der Waals surface area contributed by atoms with Crippen molar-refractivity contribution in [2.45, 2.75) is 17.4 Å². The summed E-state index contributed by atoms with van der Waals surface area (Å²) in [6.07, 6.45) is -11.5. The Balaban J connectivity index is 1.74. The van der Waals surface area contributed by atoms with Gasteiger partial charge in [0, 0.05) is 17.5 Å². The van der Waals surface area contributed by atoms with E-state index in [2.05, 4.69) is 0 Å². The average Bonchev–Trinajstić information content (AvgIpc) is 3.42. The fourth-order valence-corrected chi connectivity index (χ4v) is 6.91. The summed E-state index contributed by atoms with van der Waals surface area (Å²) in [6, 6.07) is 9.90. The quantitative estimate of drug-likeness (QED) is 0.138. The lowest BCUT2D eigenvalue weighted by molar-refractivity contribution is -0.138. The van der Waals surface area contributed by atoms with E-state index in [1.54, 1.807) is 0 Å². The van der Waals surface area contributed by atoms with E-state index in [1.165, 1.54) is 38.5 Å². The van der Waals surface area contributed by atoms with Crippen molar-refractivity contribution in [1.29, 1.82) is 10.5 Å². The highest BCUT2D eigenvalue weighted by Gasteiger charge is 2.38. The number of hydrogen-bond acceptors (Lipinski definition) is 10. The zero-order valence-electron chi connectivity index (χ0n) is 23.2. The minimum Gasteiger partial charge on any atom is -0.493 e. The lowest BCUT2D eigenvalue weighted by Gasteiger charge is -2.22. The molecule has 0 bridgehead atoms. The van der Waals surface area contributed by atoms with Crippen molar-refractivity contribution in [2.24, 2.45) is 0 Å². The number of hydrogen-bond donors (Lipinski definition) is 1. The number of nitrogens with zero attached hydrogens (tertiary/aromatic N) is 2. The van der Waals surface area contributed by atoms with Crippen LogP contribution in [0.1, 0.15) is 22.3 Å². The van der Waals surface area contributed by atoms with Crippen molar-refractivity contribution in [2.75, 3.05) is 20.5 Å². The zero-order chi connectivity index (χ0) is 34.1. The van der Waals surface area contributed by atoms with Crippen LogP contribution in [0.15, 0.2) is 64.1 Å². The topological polar surface area (TPSA) is 161 Å². The molecule has 0 amide bonds. The Morgan fingerprint density at radius 1 is 0.804 bits per heavy atom. The Hall–Kier alpha value is -4.90. The second-order valence-corrected chi connectivity index (χ2v) is 12.6. The molecule has 0 fully saturated rings. The van der Waals surface area contributed by atoms with Crippen LogP contribution in [-0.2, 0) is 26.9 Å². The molecule has 46 heavy (non-hydrogen) atoms. The van der Waals surface area contributed by atoms with Crippen LogP contribution in [0, 0.1) is 22.7 Å². The fraction of sp³-hybridized carbons (Fsp3) is 0.185. The number of methoxy groups -OCH3 is 2. The van der Waals surface area contributed by atoms with Crippen LogP contribution in [0.3, 0.4) is 0 Å². The Kier molecular flexibility index (Phi) is 9.22. The third kappa shape index (κ3) is 7.31. The van der Waals surface area contributed by atoms with Crippen molar-refractivity contribution in [1.82, 2.24) is 4.72 Å². The highest BCUT2D eigenvalue weighted by atomic mass is 32.2. The van der Waals surface area contributed by atoms with E-state index in [0.29, 0.717) is 12.1 Å². The van der Waals surface area contributed by atoms with E-state index in [-0.39, 0.29) is 34.6 Å². The highest BCUT2D eigenvalue weighted by Crippen LogP contribution is 2.50. The van der Waals surface area contributed by atoms with E-state index in [9.17, 15) is 39.3 Å². The summed E-state index contributed by atoms with van der Waals surface area (Å²) in [6.45, 7) is 0. The van der Waals surface area contributed by atoms with Gasteiger partial charge >= 0.3 is 19.9 Å². The maximum absolute atomic E-state index is 13.9. The van der Waals surface area contributed by atoms with Crippen LogP contribution in [-0.4, -0.2) is 28.9 Å². The van der Waals surface area contributed by atoms with Gasteiger partial charge in [-0.05, 0) is 42.5 Å². The van der Waals surface area contributed by atoms with E-state index in [0.717, 1.165) is 18.2 Å². The number of rotatable bonds is 10. The van der Waals surface area contributed by atoms with Gasteiger partial charge in [-0.3, -0.25) is 0 Å². The summed E-state index contributed by atoms with van der Waals surface area (Å²) in [5.74, 6) is -1.25. The molecule has 11 nitrogen and oxygen atoms in total. The normalized spacial score (nSPS) is 12.3. The fourth-order valence-electron chi connectivity index (χ4n) is 3.94. The van der Waals surface area contributed by atoms with Gasteiger partial charge in [0.15, 0.2) is 11.5 Å². The zero-order valence-corrected chi connectivity index (χ0v) is 24.9. The molecule has 0 unspecified atom stereocenters. The van der Waals surface area contributed by atoms with Crippen molar-refractivity contribution >= 4 is 28.6 Å². The summed E-state index contributed by atoms with van der Waals surface area (Å²) in [7, 11) is -7.19. The predicted molar refractivity (Wildman–Crippen MR) is 146 cm³/mol. The third-order valence-corrected chi connectivity index (χ3v) is 9.03. The molecule has 0 saturated carbocycles. The molecule has 1 aromatic heterocycles. The van der Waals surface area contributed by atoms with Crippen LogP contribution in [0.25, 0.3) is 11.0 Å². The van der Waals surface area contributed by atoms with Gasteiger partial charge in [-0.25, -0.2) is 13.0 Å². The number of nitrogens with one attached hydrogen (secondary N) is 1. The Labute approximate surface area is 256 Å². The Morgan fingerprint density at radius 3 is 1.72 bits per heavy atom. The van der Waals surface area contributed by atoms with Crippen LogP contribution in [0.5, 0.6) is 23.0 Å². The summed E-state index contributed by atoms with van der Waals surface area (Å²) in [5.41, 5.74) is -4.67. The molecule has 0 radical (unpaired) electrons. The molecule has 3 aromatic carbocycles. The Bertz CT molecular complexity index is 1930. The molecule has 242 valence electrons. The van der Waals surface area contributed by atoms with Gasteiger partial charge in [-0.2, -0.15) is 41.6 Å². The summed E-state index contributed by atoms with van der Waals surface area (Å²) >= 11 is 0. The first kappa shape index (κ1) is 34.0. The van der Waals surface area contributed by atoms with Gasteiger partial charge in [0.05, 0.1) is 48.6 Å². The molecular formula is C27H18F6N3O8PS. The number of halogens is 6.